The molecule has 18 nitrogen and oxygen atoms in total. The first-order valence-electron chi connectivity index (χ1n) is 19.6. The fourth-order valence-corrected chi connectivity index (χ4v) is 8.15. The molecule has 6 aromatic carbocycles. The van der Waals surface area contributed by atoms with Crippen molar-refractivity contribution < 1.29 is 90.0 Å². The summed E-state index contributed by atoms with van der Waals surface area (Å²) in [7, 11) is 0. The Balaban J connectivity index is 1.54. The summed E-state index contributed by atoms with van der Waals surface area (Å²) in [6, 6.07) is 12.5. The number of rotatable bonds is 6. The van der Waals surface area contributed by atoms with Gasteiger partial charge in [-0.3, -0.25) is 0 Å². The second-order valence-corrected chi connectivity index (χ2v) is 15.8. The fraction of sp³-hybridized carbons (Fsp3) is 0.125. The molecule has 1 aliphatic rings. The topological polar surface area (TPSA) is 345 Å². The molecule has 336 valence electrons. The number of benzene rings is 6. The van der Waals surface area contributed by atoms with Crippen molar-refractivity contribution >= 4 is 35.8 Å². The van der Waals surface area contributed by atoms with Gasteiger partial charge in [0, 0.05) is 38.5 Å². The standard InChI is InChI=1S/C48H36O18/c49-37-19-1-20-8-32(44(57)58)10-22(38(20)50)3-24-12-34(46(61)62)14-26(40(24)52)5-28-16-36(48(65)66)18-30(42(28)54)6-29-17-35(47(63)64)15-27(41(29)53)4-25-13-33(45(59)60)11-23(39(25)51)2-21(37)9-31(7-19)43(55)56/h7-18,49-54H,1-6H2,(H,55,56)(H,57,58)(H,59,60)(H,61,62)(H,63,64)(H,65,66). The average Bonchev–Trinajstić information content (AvgIpc) is 3.24. The number of hydrogen-bond donors (Lipinski definition) is 12. The molecule has 0 aromatic heterocycles. The Bertz CT molecular complexity index is 2450. The maximum atomic E-state index is 12.4. The van der Waals surface area contributed by atoms with Crippen LogP contribution in [0.15, 0.2) is 72.8 Å². The lowest BCUT2D eigenvalue weighted by atomic mass is 9.88. The molecule has 1 aliphatic carbocycles. The van der Waals surface area contributed by atoms with Crippen LogP contribution in [0.25, 0.3) is 0 Å². The van der Waals surface area contributed by atoms with Gasteiger partial charge >= 0.3 is 35.8 Å². The van der Waals surface area contributed by atoms with Gasteiger partial charge in [-0.1, -0.05) is 0 Å². The zero-order valence-electron chi connectivity index (χ0n) is 34.0. The van der Waals surface area contributed by atoms with Crippen LogP contribution in [0.4, 0.5) is 0 Å². The normalized spacial score (nSPS) is 12.4. The lowest BCUT2D eigenvalue weighted by Crippen LogP contribution is -2.08. The minimum Gasteiger partial charge on any atom is -0.507 e. The Morgan fingerprint density at radius 3 is 0.394 bits per heavy atom. The number of carboxylic acid groups (broad SMARTS) is 6. The van der Waals surface area contributed by atoms with Gasteiger partial charge in [0.1, 0.15) is 34.5 Å². The highest BCUT2D eigenvalue weighted by molar-refractivity contribution is 5.92. The van der Waals surface area contributed by atoms with Crippen LogP contribution in [0.2, 0.25) is 0 Å². The first-order valence-corrected chi connectivity index (χ1v) is 19.6. The van der Waals surface area contributed by atoms with Crippen molar-refractivity contribution in [2.45, 2.75) is 38.5 Å². The Labute approximate surface area is 371 Å². The summed E-state index contributed by atoms with van der Waals surface area (Å²) in [5.41, 5.74) is -4.66. The Kier molecular flexibility index (Phi) is 11.8. The second-order valence-electron chi connectivity index (χ2n) is 15.8. The van der Waals surface area contributed by atoms with Gasteiger partial charge < -0.3 is 61.3 Å². The smallest absolute Gasteiger partial charge is 0.335 e. The highest BCUT2D eigenvalue weighted by Crippen LogP contribution is 2.41. The summed E-state index contributed by atoms with van der Waals surface area (Å²) in [5, 5.41) is 130. The number of phenols is 6. The summed E-state index contributed by atoms with van der Waals surface area (Å²) in [6.45, 7) is 0. The van der Waals surface area contributed by atoms with Gasteiger partial charge in [-0.2, -0.15) is 0 Å². The summed E-state index contributed by atoms with van der Waals surface area (Å²) < 4.78 is 0. The van der Waals surface area contributed by atoms with E-state index < -0.39 is 142 Å². The molecular formula is C48H36O18. The van der Waals surface area contributed by atoms with E-state index in [0.717, 1.165) is 72.8 Å². The van der Waals surface area contributed by atoms with Crippen molar-refractivity contribution in [2.75, 3.05) is 0 Å². The summed E-state index contributed by atoms with van der Waals surface area (Å²) in [4.78, 5) is 74.5. The minimum absolute atomic E-state index is 0.180. The average molecular weight is 901 g/mol. The zero-order chi connectivity index (χ0) is 48.0. The van der Waals surface area contributed by atoms with E-state index in [-0.39, 0.29) is 66.8 Å². The molecule has 7 rings (SSSR count). The number of carboxylic acids is 6. The van der Waals surface area contributed by atoms with E-state index in [1.807, 2.05) is 0 Å². The van der Waals surface area contributed by atoms with Crippen molar-refractivity contribution in [3.8, 4) is 34.5 Å². The van der Waals surface area contributed by atoms with Crippen LogP contribution in [-0.4, -0.2) is 97.1 Å². The molecule has 0 unspecified atom stereocenters. The Morgan fingerprint density at radius 2 is 0.318 bits per heavy atom. The van der Waals surface area contributed by atoms with Crippen molar-refractivity contribution in [3.05, 3.63) is 173 Å². The highest BCUT2D eigenvalue weighted by Gasteiger charge is 2.26. The third kappa shape index (κ3) is 8.78. The van der Waals surface area contributed by atoms with Crippen molar-refractivity contribution in [1.82, 2.24) is 0 Å². The van der Waals surface area contributed by atoms with Gasteiger partial charge in [-0.25, -0.2) is 28.8 Å². The quantitative estimate of drug-likeness (QED) is 0.0914. The molecule has 18 heteroatoms. The van der Waals surface area contributed by atoms with Crippen LogP contribution < -0.4 is 0 Å². The predicted molar refractivity (Wildman–Crippen MR) is 227 cm³/mol. The number of fused-ring (bicyclic) bond motifs is 12. The molecule has 0 heterocycles. The molecule has 0 aliphatic heterocycles. The monoisotopic (exact) mass is 900 g/mol. The molecule has 0 spiro atoms. The minimum atomic E-state index is -1.49. The van der Waals surface area contributed by atoms with Crippen LogP contribution in [-0.2, 0) is 38.5 Å². The van der Waals surface area contributed by atoms with Crippen molar-refractivity contribution in [1.29, 1.82) is 0 Å². The molecule has 0 radical (unpaired) electrons. The number of phenolic OH excluding ortho intramolecular Hbond substituents is 6. The molecule has 12 N–H and O–H groups in total. The Hall–Kier alpha value is -9.06. The zero-order valence-corrected chi connectivity index (χ0v) is 34.0. The lowest BCUT2D eigenvalue weighted by Gasteiger charge is -2.19. The number of aromatic carboxylic acids is 6. The van der Waals surface area contributed by atoms with Gasteiger partial charge in [0.15, 0.2) is 0 Å². The van der Waals surface area contributed by atoms with E-state index in [1.54, 1.807) is 0 Å². The van der Waals surface area contributed by atoms with Gasteiger partial charge in [-0.05, 0) is 140 Å². The van der Waals surface area contributed by atoms with E-state index in [4.69, 9.17) is 0 Å². The molecule has 0 amide bonds. The van der Waals surface area contributed by atoms with E-state index in [1.165, 1.54) is 0 Å². The first-order chi connectivity index (χ1) is 31.1. The van der Waals surface area contributed by atoms with E-state index in [9.17, 15) is 90.0 Å². The van der Waals surface area contributed by atoms with Crippen LogP contribution in [0.5, 0.6) is 34.5 Å². The maximum absolute atomic E-state index is 12.4. The lowest BCUT2D eigenvalue weighted by molar-refractivity contribution is 0.0685. The molecule has 6 aromatic rings. The second kappa shape index (κ2) is 17.2. The molecule has 0 saturated carbocycles. The molecule has 0 fully saturated rings. The molecule has 12 bridgehead atoms. The van der Waals surface area contributed by atoms with Gasteiger partial charge in [0.25, 0.3) is 0 Å². The van der Waals surface area contributed by atoms with E-state index in [2.05, 4.69) is 0 Å². The van der Waals surface area contributed by atoms with Crippen molar-refractivity contribution in [2.24, 2.45) is 0 Å². The largest absolute Gasteiger partial charge is 0.507 e. The number of aromatic hydroxyl groups is 6. The molecular weight excluding hydrogens is 865 g/mol. The van der Waals surface area contributed by atoms with Crippen LogP contribution in [0.3, 0.4) is 0 Å². The summed E-state index contributed by atoms with van der Waals surface area (Å²) >= 11 is 0. The molecule has 0 saturated heterocycles. The SMILES string of the molecule is O=C(O)c1cc2c(O)c(c1)Cc1cc(C(=O)O)cc(c1O)Cc1cc(C(=O)O)cc(c1O)Cc1cc(C(=O)O)cc(c1O)Cc1cc(C(=O)O)cc(c1O)Cc1cc(C(=O)O)cc(c1O)C2. The predicted octanol–water partition coefficient (Wildman–Crippen LogP) is 5.97. The summed E-state index contributed by atoms with van der Waals surface area (Å²) in [5.74, 6) is -12.5. The van der Waals surface area contributed by atoms with Crippen LogP contribution in [0, 0.1) is 0 Å². The molecule has 66 heavy (non-hydrogen) atoms. The third-order valence-corrected chi connectivity index (χ3v) is 11.4. The highest BCUT2D eigenvalue weighted by atomic mass is 16.4. The molecule has 0 atom stereocenters. The van der Waals surface area contributed by atoms with E-state index >= 15 is 0 Å². The van der Waals surface area contributed by atoms with Crippen molar-refractivity contribution in [3.63, 3.8) is 0 Å². The first kappa shape index (κ1) is 45.0. The van der Waals surface area contributed by atoms with Crippen LogP contribution in [0.1, 0.15) is 129 Å². The summed E-state index contributed by atoms with van der Waals surface area (Å²) in [6.07, 6.45) is -3.24. The van der Waals surface area contributed by atoms with Gasteiger partial charge in [-0.15, -0.1) is 0 Å². The Morgan fingerprint density at radius 1 is 0.227 bits per heavy atom. The maximum Gasteiger partial charge on any atom is 0.335 e. The van der Waals surface area contributed by atoms with Crippen LogP contribution >= 0.6 is 0 Å². The fourth-order valence-electron chi connectivity index (χ4n) is 8.15. The number of carbonyl (C=O) groups is 6. The number of hydrogen-bond acceptors (Lipinski definition) is 12. The third-order valence-electron chi connectivity index (χ3n) is 11.4. The van der Waals surface area contributed by atoms with E-state index in [0.29, 0.717) is 0 Å². The van der Waals surface area contributed by atoms with Gasteiger partial charge in [0.2, 0.25) is 0 Å². The van der Waals surface area contributed by atoms with Gasteiger partial charge in [0.05, 0.1) is 33.4 Å².